The second-order valence-corrected chi connectivity index (χ2v) is 5.50. The molecule has 0 saturated carbocycles. The molecule has 3 aromatic rings. The minimum Gasteiger partial charge on any atom is -0.465 e. The zero-order chi connectivity index (χ0) is 17.6. The number of methoxy groups -OCH3 is 1. The van der Waals surface area contributed by atoms with E-state index in [2.05, 4.69) is 20.6 Å². The first-order valence-electron chi connectivity index (χ1n) is 7.45. The van der Waals surface area contributed by atoms with E-state index in [-0.39, 0.29) is 0 Å². The van der Waals surface area contributed by atoms with Gasteiger partial charge in [-0.2, -0.15) is 0 Å². The summed E-state index contributed by atoms with van der Waals surface area (Å²) in [4.78, 5) is 20.0. The number of nitrogens with zero attached hydrogens (tertiary/aromatic N) is 2. The molecule has 0 aliphatic rings. The van der Waals surface area contributed by atoms with Gasteiger partial charge in [-0.1, -0.05) is 29.8 Å². The van der Waals surface area contributed by atoms with E-state index in [9.17, 15) is 4.79 Å². The van der Waals surface area contributed by atoms with Crippen LogP contribution in [-0.2, 0) is 4.74 Å². The van der Waals surface area contributed by atoms with Gasteiger partial charge in [0.05, 0.1) is 23.4 Å². The molecule has 0 aliphatic heterocycles. The van der Waals surface area contributed by atoms with Crippen molar-refractivity contribution in [3.8, 4) is 0 Å². The first-order valence-corrected chi connectivity index (χ1v) is 7.82. The van der Waals surface area contributed by atoms with E-state index in [1.165, 1.54) is 13.4 Å². The van der Waals surface area contributed by atoms with Gasteiger partial charge < -0.3 is 15.4 Å². The molecule has 0 amide bonds. The van der Waals surface area contributed by atoms with Crippen molar-refractivity contribution in [2.75, 3.05) is 17.7 Å². The third-order valence-corrected chi connectivity index (χ3v) is 3.69. The van der Waals surface area contributed by atoms with Gasteiger partial charge in [-0.05, 0) is 30.3 Å². The number of ether oxygens (including phenoxy) is 1. The van der Waals surface area contributed by atoms with E-state index in [0.29, 0.717) is 27.9 Å². The molecule has 126 valence electrons. The summed E-state index contributed by atoms with van der Waals surface area (Å²) in [7, 11) is 1.33. The minimum atomic E-state index is -0.436. The van der Waals surface area contributed by atoms with Crippen LogP contribution in [0.2, 0.25) is 5.02 Å². The molecule has 3 rings (SSSR count). The van der Waals surface area contributed by atoms with E-state index in [0.717, 1.165) is 5.69 Å². The number of aromatic nitrogens is 2. The Morgan fingerprint density at radius 2 is 1.72 bits per heavy atom. The lowest BCUT2D eigenvalue weighted by molar-refractivity contribution is 0.0601. The number of halogens is 1. The summed E-state index contributed by atoms with van der Waals surface area (Å²) in [5, 5.41) is 6.73. The van der Waals surface area contributed by atoms with Crippen LogP contribution in [0, 0.1) is 0 Å². The average molecular weight is 355 g/mol. The fourth-order valence-corrected chi connectivity index (χ4v) is 2.33. The molecular formula is C18H15ClN4O2. The average Bonchev–Trinajstić information content (AvgIpc) is 2.64. The number of para-hydroxylation sites is 1. The van der Waals surface area contributed by atoms with Crippen molar-refractivity contribution in [3.63, 3.8) is 0 Å². The van der Waals surface area contributed by atoms with Gasteiger partial charge in [0.25, 0.3) is 0 Å². The maximum Gasteiger partial charge on any atom is 0.337 e. The van der Waals surface area contributed by atoms with Crippen LogP contribution < -0.4 is 10.6 Å². The van der Waals surface area contributed by atoms with Crippen LogP contribution >= 0.6 is 11.6 Å². The van der Waals surface area contributed by atoms with Crippen LogP contribution in [-0.4, -0.2) is 23.0 Å². The van der Waals surface area contributed by atoms with Crippen molar-refractivity contribution in [2.24, 2.45) is 0 Å². The SMILES string of the molecule is COC(=O)c1ccc(Cl)c(Nc2cc(Nc3ccccc3)ncn2)c1. The molecule has 2 N–H and O–H groups in total. The molecule has 1 heterocycles. The van der Waals surface area contributed by atoms with E-state index >= 15 is 0 Å². The summed E-state index contributed by atoms with van der Waals surface area (Å²) in [5.74, 6) is 0.732. The molecule has 0 saturated heterocycles. The Labute approximate surface area is 149 Å². The van der Waals surface area contributed by atoms with Gasteiger partial charge in [0, 0.05) is 11.8 Å². The van der Waals surface area contributed by atoms with Gasteiger partial charge in [0.1, 0.15) is 18.0 Å². The number of esters is 1. The fraction of sp³-hybridized carbons (Fsp3) is 0.0556. The van der Waals surface area contributed by atoms with Gasteiger partial charge >= 0.3 is 5.97 Å². The number of hydrogen-bond acceptors (Lipinski definition) is 6. The largest absolute Gasteiger partial charge is 0.465 e. The number of anilines is 4. The Hall–Kier alpha value is -3.12. The molecule has 1 aromatic heterocycles. The lowest BCUT2D eigenvalue weighted by Gasteiger charge is -2.11. The summed E-state index contributed by atoms with van der Waals surface area (Å²) in [6.07, 6.45) is 1.44. The zero-order valence-electron chi connectivity index (χ0n) is 13.4. The summed E-state index contributed by atoms with van der Waals surface area (Å²) in [6, 6.07) is 16.3. The number of carbonyl (C=O) groups excluding carboxylic acids is 1. The highest BCUT2D eigenvalue weighted by Gasteiger charge is 2.10. The molecule has 0 fully saturated rings. The van der Waals surface area contributed by atoms with E-state index in [1.807, 2.05) is 30.3 Å². The molecule has 25 heavy (non-hydrogen) atoms. The Morgan fingerprint density at radius 3 is 2.44 bits per heavy atom. The Balaban J connectivity index is 1.81. The summed E-state index contributed by atoms with van der Waals surface area (Å²) >= 11 is 6.19. The van der Waals surface area contributed by atoms with Crippen LogP contribution in [0.3, 0.4) is 0 Å². The molecule has 0 bridgehead atoms. The summed E-state index contributed by atoms with van der Waals surface area (Å²) < 4.78 is 4.72. The normalized spacial score (nSPS) is 10.2. The van der Waals surface area contributed by atoms with Crippen LogP contribution in [0.15, 0.2) is 60.9 Å². The predicted octanol–water partition coefficient (Wildman–Crippen LogP) is 4.40. The van der Waals surface area contributed by atoms with E-state index in [4.69, 9.17) is 16.3 Å². The first kappa shape index (κ1) is 16.7. The third-order valence-electron chi connectivity index (χ3n) is 3.36. The summed E-state index contributed by atoms with van der Waals surface area (Å²) in [5.41, 5.74) is 1.86. The molecule has 0 aliphatic carbocycles. The highest BCUT2D eigenvalue weighted by Crippen LogP contribution is 2.27. The van der Waals surface area contributed by atoms with Crippen molar-refractivity contribution in [1.82, 2.24) is 9.97 Å². The van der Waals surface area contributed by atoms with Gasteiger partial charge in [-0.15, -0.1) is 0 Å². The van der Waals surface area contributed by atoms with Crippen LogP contribution in [0.5, 0.6) is 0 Å². The topological polar surface area (TPSA) is 76.1 Å². The lowest BCUT2D eigenvalue weighted by Crippen LogP contribution is -2.03. The first-order chi connectivity index (χ1) is 12.2. The molecule has 0 unspecified atom stereocenters. The molecule has 2 aromatic carbocycles. The van der Waals surface area contributed by atoms with Crippen molar-refractivity contribution >= 4 is 40.6 Å². The van der Waals surface area contributed by atoms with Crippen LogP contribution in [0.4, 0.5) is 23.0 Å². The molecule has 0 atom stereocenters. The van der Waals surface area contributed by atoms with E-state index < -0.39 is 5.97 Å². The fourth-order valence-electron chi connectivity index (χ4n) is 2.17. The van der Waals surface area contributed by atoms with E-state index in [1.54, 1.807) is 24.3 Å². The smallest absolute Gasteiger partial charge is 0.337 e. The minimum absolute atomic E-state index is 0.395. The molecular weight excluding hydrogens is 340 g/mol. The van der Waals surface area contributed by atoms with Crippen LogP contribution in [0.25, 0.3) is 0 Å². The number of carbonyl (C=O) groups is 1. The van der Waals surface area contributed by atoms with Crippen molar-refractivity contribution in [3.05, 3.63) is 71.5 Å². The number of hydrogen-bond donors (Lipinski definition) is 2. The second-order valence-electron chi connectivity index (χ2n) is 5.09. The molecule has 7 heteroatoms. The van der Waals surface area contributed by atoms with Gasteiger partial charge in [-0.25, -0.2) is 14.8 Å². The molecule has 0 spiro atoms. The second kappa shape index (κ2) is 7.63. The lowest BCUT2D eigenvalue weighted by atomic mass is 10.2. The standard InChI is InChI=1S/C18H15ClN4O2/c1-25-18(24)12-7-8-14(19)15(9-12)23-17-10-16(20-11-21-17)22-13-5-3-2-4-6-13/h2-11H,1H3,(H2,20,21,22,23). The highest BCUT2D eigenvalue weighted by molar-refractivity contribution is 6.33. The Kier molecular flexibility index (Phi) is 5.11. The number of rotatable bonds is 5. The Morgan fingerprint density at radius 1 is 1.00 bits per heavy atom. The van der Waals surface area contributed by atoms with Gasteiger partial charge in [0.15, 0.2) is 0 Å². The maximum atomic E-state index is 11.7. The highest BCUT2D eigenvalue weighted by atomic mass is 35.5. The van der Waals surface area contributed by atoms with Crippen molar-refractivity contribution in [2.45, 2.75) is 0 Å². The van der Waals surface area contributed by atoms with Crippen molar-refractivity contribution in [1.29, 1.82) is 0 Å². The summed E-state index contributed by atoms with van der Waals surface area (Å²) in [6.45, 7) is 0. The van der Waals surface area contributed by atoms with Gasteiger partial charge in [0.2, 0.25) is 0 Å². The number of benzene rings is 2. The maximum absolute atomic E-state index is 11.7. The zero-order valence-corrected chi connectivity index (χ0v) is 14.1. The monoisotopic (exact) mass is 354 g/mol. The predicted molar refractivity (Wildman–Crippen MR) is 97.8 cm³/mol. The molecule has 0 radical (unpaired) electrons. The van der Waals surface area contributed by atoms with Crippen LogP contribution in [0.1, 0.15) is 10.4 Å². The van der Waals surface area contributed by atoms with Crippen molar-refractivity contribution < 1.29 is 9.53 Å². The number of nitrogens with one attached hydrogen (secondary N) is 2. The van der Waals surface area contributed by atoms with Gasteiger partial charge in [-0.3, -0.25) is 0 Å². The third kappa shape index (κ3) is 4.24. The molecule has 6 nitrogen and oxygen atoms in total. The quantitative estimate of drug-likeness (QED) is 0.661. The Bertz CT molecular complexity index is 887.